The van der Waals surface area contributed by atoms with Crippen molar-refractivity contribution in [2.24, 2.45) is 0 Å². The second-order valence-corrected chi connectivity index (χ2v) is 5.53. The van der Waals surface area contributed by atoms with Crippen LogP contribution in [0.5, 0.6) is 0 Å². The minimum absolute atomic E-state index is 0.0367. The molecule has 1 amide bonds. The number of hydrogen-bond donors (Lipinski definition) is 3. The van der Waals surface area contributed by atoms with Gasteiger partial charge >= 0.3 is 0 Å². The lowest BCUT2D eigenvalue weighted by atomic mass is 9.99. The molecule has 114 valence electrons. The smallest absolute Gasteiger partial charge is 0.241 e. The Kier molecular flexibility index (Phi) is 5.53. The third-order valence-corrected chi connectivity index (χ3v) is 3.94. The van der Waals surface area contributed by atoms with Gasteiger partial charge in [-0.1, -0.05) is 49.4 Å². The number of amides is 1. The molecule has 21 heavy (non-hydrogen) atoms. The number of nitrogens with one attached hydrogen (secondary N) is 2. The molecule has 0 aromatic heterocycles. The highest BCUT2D eigenvalue weighted by Crippen LogP contribution is 2.14. The van der Waals surface area contributed by atoms with E-state index in [9.17, 15) is 9.90 Å². The molecule has 0 saturated carbocycles. The van der Waals surface area contributed by atoms with E-state index in [4.69, 9.17) is 0 Å². The average Bonchev–Trinajstić information content (AvgIpc) is 2.55. The second kappa shape index (κ2) is 7.38. The van der Waals surface area contributed by atoms with Gasteiger partial charge in [-0.3, -0.25) is 10.1 Å². The van der Waals surface area contributed by atoms with Crippen LogP contribution in [0.2, 0.25) is 0 Å². The summed E-state index contributed by atoms with van der Waals surface area (Å²) in [5, 5.41) is 16.1. The third kappa shape index (κ3) is 4.16. The van der Waals surface area contributed by atoms with Gasteiger partial charge in [0.2, 0.25) is 5.91 Å². The van der Waals surface area contributed by atoms with Crippen molar-refractivity contribution >= 4 is 5.91 Å². The van der Waals surface area contributed by atoms with E-state index in [-0.39, 0.29) is 24.0 Å². The lowest BCUT2D eigenvalue weighted by molar-refractivity contribution is -0.123. The molecule has 0 bridgehead atoms. The van der Waals surface area contributed by atoms with Gasteiger partial charge < -0.3 is 10.4 Å². The molecule has 4 heteroatoms. The summed E-state index contributed by atoms with van der Waals surface area (Å²) in [6, 6.07) is 9.41. The Balaban J connectivity index is 1.94. The van der Waals surface area contributed by atoms with Crippen molar-refractivity contribution in [3.05, 3.63) is 48.0 Å². The van der Waals surface area contributed by atoms with E-state index in [1.165, 1.54) is 0 Å². The first-order valence-corrected chi connectivity index (χ1v) is 7.58. The van der Waals surface area contributed by atoms with Crippen molar-refractivity contribution in [1.82, 2.24) is 10.6 Å². The van der Waals surface area contributed by atoms with Crippen LogP contribution in [0.1, 0.15) is 38.3 Å². The fraction of sp³-hybridized carbons (Fsp3) is 0.471. The number of benzene rings is 1. The molecule has 1 aromatic rings. The summed E-state index contributed by atoms with van der Waals surface area (Å²) in [7, 11) is 0. The Morgan fingerprint density at radius 1 is 1.43 bits per heavy atom. The normalized spacial score (nSPS) is 24.3. The van der Waals surface area contributed by atoms with Crippen LogP contribution in [0.15, 0.2) is 42.5 Å². The van der Waals surface area contributed by atoms with E-state index in [0.717, 1.165) is 12.0 Å². The van der Waals surface area contributed by atoms with Gasteiger partial charge in [-0.2, -0.15) is 0 Å². The van der Waals surface area contributed by atoms with Gasteiger partial charge in [0, 0.05) is 6.04 Å². The average molecular weight is 288 g/mol. The maximum atomic E-state index is 12.3. The molecule has 0 aliphatic carbocycles. The van der Waals surface area contributed by atoms with Crippen molar-refractivity contribution in [2.75, 3.05) is 0 Å². The van der Waals surface area contributed by atoms with E-state index < -0.39 is 6.10 Å². The van der Waals surface area contributed by atoms with E-state index in [0.29, 0.717) is 6.42 Å². The molecule has 2 rings (SSSR count). The fourth-order valence-electron chi connectivity index (χ4n) is 2.56. The van der Waals surface area contributed by atoms with Gasteiger partial charge in [0.15, 0.2) is 0 Å². The highest BCUT2D eigenvalue weighted by Gasteiger charge is 2.27. The zero-order valence-electron chi connectivity index (χ0n) is 12.6. The van der Waals surface area contributed by atoms with Crippen LogP contribution in [0, 0.1) is 0 Å². The van der Waals surface area contributed by atoms with Crippen LogP contribution < -0.4 is 10.6 Å². The molecule has 0 spiro atoms. The minimum atomic E-state index is -0.420. The lowest BCUT2D eigenvalue weighted by Crippen LogP contribution is -2.53. The van der Waals surface area contributed by atoms with E-state index >= 15 is 0 Å². The molecule has 1 aromatic carbocycles. The number of aliphatic hydroxyl groups excluding tert-OH is 1. The molecular weight excluding hydrogens is 264 g/mol. The summed E-state index contributed by atoms with van der Waals surface area (Å²) >= 11 is 0. The van der Waals surface area contributed by atoms with Gasteiger partial charge in [0.05, 0.1) is 12.1 Å². The van der Waals surface area contributed by atoms with Crippen molar-refractivity contribution in [1.29, 1.82) is 0 Å². The molecule has 1 aliphatic rings. The summed E-state index contributed by atoms with van der Waals surface area (Å²) in [5.74, 6) is -0.0596. The van der Waals surface area contributed by atoms with E-state index in [2.05, 4.69) is 10.6 Å². The van der Waals surface area contributed by atoms with Crippen LogP contribution in [0.4, 0.5) is 0 Å². The topological polar surface area (TPSA) is 61.4 Å². The van der Waals surface area contributed by atoms with Crippen LogP contribution in [0.25, 0.3) is 0 Å². The van der Waals surface area contributed by atoms with Crippen LogP contribution in [-0.2, 0) is 4.79 Å². The first kappa shape index (κ1) is 15.7. The van der Waals surface area contributed by atoms with Crippen molar-refractivity contribution in [3.8, 4) is 0 Å². The number of rotatable bonds is 5. The lowest BCUT2D eigenvalue weighted by Gasteiger charge is -2.30. The molecule has 0 unspecified atom stereocenters. The van der Waals surface area contributed by atoms with E-state index in [1.54, 1.807) is 0 Å². The predicted octanol–water partition coefficient (Wildman–Crippen LogP) is 1.92. The van der Waals surface area contributed by atoms with E-state index in [1.807, 2.05) is 56.3 Å². The van der Waals surface area contributed by atoms with Crippen LogP contribution in [-0.4, -0.2) is 29.2 Å². The highest BCUT2D eigenvalue weighted by molar-refractivity contribution is 5.84. The predicted molar refractivity (Wildman–Crippen MR) is 83.8 cm³/mol. The summed E-state index contributed by atoms with van der Waals surface area (Å²) in [6.07, 6.45) is 4.85. The van der Waals surface area contributed by atoms with Crippen molar-refractivity contribution < 1.29 is 9.90 Å². The summed E-state index contributed by atoms with van der Waals surface area (Å²) in [4.78, 5) is 12.3. The molecule has 3 N–H and O–H groups in total. The molecule has 0 radical (unpaired) electrons. The molecule has 0 saturated heterocycles. The summed E-state index contributed by atoms with van der Waals surface area (Å²) in [6.45, 7) is 3.91. The molecule has 1 heterocycles. The molecule has 1 aliphatic heterocycles. The second-order valence-electron chi connectivity index (χ2n) is 5.53. The number of carbonyl (C=O) groups excluding carboxylic acids is 1. The van der Waals surface area contributed by atoms with Gasteiger partial charge in [-0.25, -0.2) is 0 Å². The molecule has 4 atom stereocenters. The zero-order valence-corrected chi connectivity index (χ0v) is 12.6. The van der Waals surface area contributed by atoms with Crippen LogP contribution in [0.3, 0.4) is 0 Å². The summed E-state index contributed by atoms with van der Waals surface area (Å²) < 4.78 is 0. The SMILES string of the molecule is CC[C@H](O)[C@@H]1CC=C[C@H](C(=O)N[C@H](C)c2ccccc2)N1. The Bertz CT molecular complexity index is 487. The van der Waals surface area contributed by atoms with Crippen LogP contribution >= 0.6 is 0 Å². The number of carbonyl (C=O) groups is 1. The third-order valence-electron chi connectivity index (χ3n) is 3.94. The Morgan fingerprint density at radius 2 is 2.14 bits per heavy atom. The molecular formula is C17H24N2O2. The number of aliphatic hydroxyl groups is 1. The monoisotopic (exact) mass is 288 g/mol. The Hall–Kier alpha value is -1.65. The molecule has 4 nitrogen and oxygen atoms in total. The first-order chi connectivity index (χ1) is 10.1. The van der Waals surface area contributed by atoms with Gasteiger partial charge in [0.1, 0.15) is 6.04 Å². The zero-order chi connectivity index (χ0) is 15.2. The van der Waals surface area contributed by atoms with Crippen molar-refractivity contribution in [3.63, 3.8) is 0 Å². The number of hydrogen-bond acceptors (Lipinski definition) is 3. The Morgan fingerprint density at radius 3 is 2.81 bits per heavy atom. The highest BCUT2D eigenvalue weighted by atomic mass is 16.3. The van der Waals surface area contributed by atoms with Gasteiger partial charge in [-0.15, -0.1) is 0 Å². The molecule has 0 fully saturated rings. The van der Waals surface area contributed by atoms with Gasteiger partial charge in [-0.05, 0) is 25.3 Å². The fourth-order valence-corrected chi connectivity index (χ4v) is 2.56. The first-order valence-electron chi connectivity index (χ1n) is 7.58. The summed E-state index contributed by atoms with van der Waals surface area (Å²) in [5.41, 5.74) is 1.08. The maximum Gasteiger partial charge on any atom is 0.241 e. The van der Waals surface area contributed by atoms with Gasteiger partial charge in [0.25, 0.3) is 0 Å². The minimum Gasteiger partial charge on any atom is -0.392 e. The maximum absolute atomic E-state index is 12.3. The largest absolute Gasteiger partial charge is 0.392 e. The standard InChI is InChI=1S/C17H24N2O2/c1-3-16(20)14-10-7-11-15(19-14)17(21)18-12(2)13-8-5-4-6-9-13/h4-9,11-12,14-16,19-20H,3,10H2,1-2H3,(H,18,21)/t12-,14+,15-,16+/m1/s1. The Labute approximate surface area is 126 Å². The quantitative estimate of drug-likeness (QED) is 0.725. The van der Waals surface area contributed by atoms with Crippen molar-refractivity contribution in [2.45, 2.75) is 50.9 Å².